The fraction of sp³-hybridized carbons (Fsp3) is 0.462. The van der Waals surface area contributed by atoms with Gasteiger partial charge in [-0.1, -0.05) is 25.3 Å². The smallest absolute Gasteiger partial charge is 0.408 e. The van der Waals surface area contributed by atoms with Crippen LogP contribution in [-0.4, -0.2) is 38.2 Å². The molecule has 3 atom stereocenters. The Labute approximate surface area is 208 Å². The maximum absolute atomic E-state index is 13.5. The Morgan fingerprint density at radius 3 is 2.53 bits per heavy atom. The molecule has 1 fully saturated rings. The molecule has 1 heterocycles. The molecule has 0 spiro atoms. The molecule has 182 valence electrons. The molecule has 1 aliphatic carbocycles. The second-order valence-electron chi connectivity index (χ2n) is 8.82. The Balaban J connectivity index is 1.60. The molecule has 34 heavy (non-hydrogen) atoms. The molecule has 1 saturated carbocycles. The minimum Gasteiger partial charge on any atom is -0.497 e. The molecule has 7 nitrogen and oxygen atoms in total. The average Bonchev–Trinajstić information content (AvgIpc) is 2.85. The molecule has 2 aromatic carbocycles. The third kappa shape index (κ3) is 5.17. The van der Waals surface area contributed by atoms with Crippen LogP contribution in [0.25, 0.3) is 0 Å². The van der Waals surface area contributed by atoms with Crippen LogP contribution in [-0.2, 0) is 4.74 Å². The summed E-state index contributed by atoms with van der Waals surface area (Å²) in [6.07, 6.45) is 3.17. The van der Waals surface area contributed by atoms with E-state index in [0.717, 1.165) is 12.8 Å². The lowest BCUT2D eigenvalue weighted by Gasteiger charge is -2.33. The van der Waals surface area contributed by atoms with Gasteiger partial charge >= 0.3 is 6.09 Å². The number of nitrogens with one attached hydrogen (secondary N) is 1. The lowest BCUT2D eigenvalue weighted by atomic mass is 9.85. The van der Waals surface area contributed by atoms with Gasteiger partial charge in [-0.25, -0.2) is 4.79 Å². The van der Waals surface area contributed by atoms with Gasteiger partial charge in [0.1, 0.15) is 17.2 Å². The van der Waals surface area contributed by atoms with Crippen molar-refractivity contribution >= 4 is 27.8 Å². The Bertz CT molecular complexity index is 1050. The van der Waals surface area contributed by atoms with Gasteiger partial charge in [-0.15, -0.1) is 0 Å². The van der Waals surface area contributed by atoms with Crippen molar-refractivity contribution in [1.29, 1.82) is 0 Å². The maximum atomic E-state index is 13.5. The summed E-state index contributed by atoms with van der Waals surface area (Å²) in [6, 6.07) is 10.4. The summed E-state index contributed by atoms with van der Waals surface area (Å²) in [6.45, 7) is 1.99. The first-order valence-corrected chi connectivity index (χ1v) is 12.4. The number of carbonyl (C=O) groups is 2. The van der Waals surface area contributed by atoms with E-state index >= 15 is 0 Å². The van der Waals surface area contributed by atoms with E-state index < -0.39 is 18.3 Å². The molecule has 0 bridgehead atoms. The van der Waals surface area contributed by atoms with E-state index in [1.807, 2.05) is 13.0 Å². The number of benzene rings is 2. The summed E-state index contributed by atoms with van der Waals surface area (Å²) >= 11 is 3.49. The zero-order valence-corrected chi connectivity index (χ0v) is 21.2. The highest BCUT2D eigenvalue weighted by Crippen LogP contribution is 2.40. The molecule has 1 unspecified atom stereocenters. The van der Waals surface area contributed by atoms with Crippen LogP contribution >= 0.6 is 15.9 Å². The zero-order chi connectivity index (χ0) is 24.2. The van der Waals surface area contributed by atoms with Crippen LogP contribution in [0.15, 0.2) is 40.9 Å². The van der Waals surface area contributed by atoms with Gasteiger partial charge in [0.05, 0.1) is 24.3 Å². The van der Waals surface area contributed by atoms with E-state index in [4.69, 9.17) is 18.9 Å². The topological polar surface area (TPSA) is 83.1 Å². The molecular formula is C26H30BrNO6. The van der Waals surface area contributed by atoms with Crippen LogP contribution in [0, 0.1) is 5.92 Å². The van der Waals surface area contributed by atoms with Gasteiger partial charge in [0.25, 0.3) is 0 Å². The second-order valence-corrected chi connectivity index (χ2v) is 9.67. The number of ketones is 1. The van der Waals surface area contributed by atoms with Crippen LogP contribution in [0.4, 0.5) is 4.79 Å². The summed E-state index contributed by atoms with van der Waals surface area (Å²) < 4.78 is 23.3. The molecule has 8 heteroatoms. The first-order valence-electron chi connectivity index (χ1n) is 11.6. The number of hydrogen-bond acceptors (Lipinski definition) is 6. The van der Waals surface area contributed by atoms with Gasteiger partial charge in [-0.05, 0) is 77.5 Å². The van der Waals surface area contributed by atoms with E-state index in [1.54, 1.807) is 37.4 Å². The highest BCUT2D eigenvalue weighted by atomic mass is 79.9. The number of halogens is 1. The number of methoxy groups -OCH3 is 2. The van der Waals surface area contributed by atoms with Crippen molar-refractivity contribution in [3.05, 3.63) is 52.0 Å². The number of carbonyl (C=O) groups excluding carboxylic acids is 2. The molecule has 0 saturated heterocycles. The minimum absolute atomic E-state index is 0.0339. The van der Waals surface area contributed by atoms with Crippen molar-refractivity contribution in [2.75, 3.05) is 14.2 Å². The van der Waals surface area contributed by atoms with Crippen LogP contribution in [0.2, 0.25) is 0 Å². The highest BCUT2D eigenvalue weighted by molar-refractivity contribution is 9.10. The van der Waals surface area contributed by atoms with Crippen LogP contribution < -0.4 is 19.5 Å². The SMILES string of the molecule is COc1ccc2c(c1)C(=O)C(OC(=O)N[C@H](C)C1CCCCC1)[C@@H](c1ccc(OC)c(Br)c1)O2. The molecule has 2 aromatic rings. The van der Waals surface area contributed by atoms with Crippen molar-refractivity contribution in [1.82, 2.24) is 5.32 Å². The summed E-state index contributed by atoms with van der Waals surface area (Å²) in [5, 5.41) is 2.94. The standard InChI is InChI=1S/C26H30BrNO6/c1-15(16-7-5-4-6-8-16)28-26(30)34-25-23(29)19-14-18(31-2)10-12-21(19)33-24(25)17-9-11-22(32-3)20(27)13-17/h9-16,24-25H,4-8H2,1-3H3,(H,28,30)/t15-,24-,25?/m1/s1. The van der Waals surface area contributed by atoms with Crippen LogP contribution in [0.5, 0.6) is 17.2 Å². The van der Waals surface area contributed by atoms with Crippen molar-refractivity contribution in [3.8, 4) is 17.2 Å². The molecular weight excluding hydrogens is 502 g/mol. The Morgan fingerprint density at radius 2 is 1.85 bits per heavy atom. The van der Waals surface area contributed by atoms with Crippen LogP contribution in [0.3, 0.4) is 0 Å². The fourth-order valence-corrected chi connectivity index (χ4v) is 5.28. The number of fused-ring (bicyclic) bond motifs is 1. The third-order valence-electron chi connectivity index (χ3n) is 6.68. The number of Topliss-reactive ketones (excluding diaryl/α,β-unsaturated/α-hetero) is 1. The van der Waals surface area contributed by atoms with E-state index in [9.17, 15) is 9.59 Å². The van der Waals surface area contributed by atoms with Crippen molar-refractivity contribution in [3.63, 3.8) is 0 Å². The normalized spacial score (nSPS) is 21.1. The van der Waals surface area contributed by atoms with Gasteiger partial charge in [0.2, 0.25) is 11.9 Å². The third-order valence-corrected chi connectivity index (χ3v) is 7.30. The second kappa shape index (κ2) is 10.7. The highest BCUT2D eigenvalue weighted by Gasteiger charge is 2.42. The zero-order valence-electron chi connectivity index (χ0n) is 19.6. The molecule has 4 rings (SSSR count). The molecule has 1 N–H and O–H groups in total. The lowest BCUT2D eigenvalue weighted by molar-refractivity contribution is 0.00754. The largest absolute Gasteiger partial charge is 0.497 e. The summed E-state index contributed by atoms with van der Waals surface area (Å²) in [5.74, 6) is 1.66. The Kier molecular flexibility index (Phi) is 7.66. The van der Waals surface area contributed by atoms with E-state index in [2.05, 4.69) is 21.2 Å². The first kappa shape index (κ1) is 24.4. The summed E-state index contributed by atoms with van der Waals surface area (Å²) in [5.41, 5.74) is 1.00. The molecule has 0 radical (unpaired) electrons. The van der Waals surface area contributed by atoms with Gasteiger partial charge in [0.15, 0.2) is 6.10 Å². The van der Waals surface area contributed by atoms with Gasteiger partial charge < -0.3 is 24.3 Å². The van der Waals surface area contributed by atoms with Gasteiger partial charge in [0, 0.05) is 6.04 Å². The van der Waals surface area contributed by atoms with Crippen molar-refractivity contribution in [2.24, 2.45) is 5.92 Å². The number of hydrogen-bond donors (Lipinski definition) is 1. The Hall–Kier alpha value is -2.74. The first-order chi connectivity index (χ1) is 16.4. The van der Waals surface area contributed by atoms with Gasteiger partial charge in [-0.3, -0.25) is 4.79 Å². The van der Waals surface area contributed by atoms with Gasteiger partial charge in [-0.2, -0.15) is 0 Å². The lowest BCUT2D eigenvalue weighted by Crippen LogP contribution is -2.45. The molecule has 1 aliphatic heterocycles. The molecule has 1 amide bonds. The van der Waals surface area contributed by atoms with E-state index in [0.29, 0.717) is 38.8 Å². The Morgan fingerprint density at radius 1 is 1.09 bits per heavy atom. The quantitative estimate of drug-likeness (QED) is 0.503. The number of amides is 1. The number of rotatable bonds is 6. The minimum atomic E-state index is -1.15. The predicted octanol–water partition coefficient (Wildman–Crippen LogP) is 5.85. The molecule has 2 aliphatic rings. The summed E-state index contributed by atoms with van der Waals surface area (Å²) in [4.78, 5) is 26.4. The maximum Gasteiger partial charge on any atom is 0.408 e. The predicted molar refractivity (Wildman–Crippen MR) is 131 cm³/mol. The van der Waals surface area contributed by atoms with Crippen molar-refractivity contribution in [2.45, 2.75) is 57.3 Å². The van der Waals surface area contributed by atoms with E-state index in [-0.39, 0.29) is 11.8 Å². The van der Waals surface area contributed by atoms with E-state index in [1.165, 1.54) is 26.4 Å². The fourth-order valence-electron chi connectivity index (χ4n) is 4.73. The van der Waals surface area contributed by atoms with Crippen molar-refractivity contribution < 1.29 is 28.5 Å². The molecule has 0 aromatic heterocycles. The number of ether oxygens (including phenoxy) is 4. The van der Waals surface area contributed by atoms with Crippen LogP contribution in [0.1, 0.15) is 61.1 Å². The average molecular weight is 532 g/mol. The monoisotopic (exact) mass is 531 g/mol. The number of alkyl carbamates (subject to hydrolysis) is 1. The summed E-state index contributed by atoms with van der Waals surface area (Å²) in [7, 11) is 3.11.